The lowest BCUT2D eigenvalue weighted by Gasteiger charge is -2.08. The van der Waals surface area contributed by atoms with E-state index in [4.69, 9.17) is 15.2 Å². The number of hydrogen-bond acceptors (Lipinski definition) is 5. The smallest absolute Gasteiger partial charge is 0.269 e. The lowest BCUT2D eigenvalue weighted by molar-refractivity contribution is 0.0994. The van der Waals surface area contributed by atoms with Crippen LogP contribution in [0.2, 0.25) is 0 Å². The van der Waals surface area contributed by atoms with Gasteiger partial charge in [-0.05, 0) is 12.1 Å². The van der Waals surface area contributed by atoms with Crippen molar-refractivity contribution in [1.82, 2.24) is 19.3 Å². The first kappa shape index (κ1) is 14.9. The number of amides is 1. The molecule has 23 heavy (non-hydrogen) atoms. The van der Waals surface area contributed by atoms with Gasteiger partial charge < -0.3 is 19.8 Å². The van der Waals surface area contributed by atoms with E-state index in [1.165, 1.54) is 0 Å². The summed E-state index contributed by atoms with van der Waals surface area (Å²) >= 11 is 0. The van der Waals surface area contributed by atoms with Crippen LogP contribution in [0.3, 0.4) is 0 Å². The molecule has 3 aromatic heterocycles. The SMILES string of the molecule is COc1cc(OC)c2ccn(CCn3ccc(C(N)=O)n3)c2n1. The van der Waals surface area contributed by atoms with Crippen molar-refractivity contribution in [3.63, 3.8) is 0 Å². The lowest BCUT2D eigenvalue weighted by atomic mass is 10.3. The molecular weight excluding hydrogens is 298 g/mol. The third-order valence-electron chi connectivity index (χ3n) is 3.56. The van der Waals surface area contributed by atoms with Crippen LogP contribution in [-0.2, 0) is 13.1 Å². The number of methoxy groups -OCH3 is 2. The Morgan fingerprint density at radius 2 is 2.04 bits per heavy atom. The minimum Gasteiger partial charge on any atom is -0.496 e. The van der Waals surface area contributed by atoms with Gasteiger partial charge >= 0.3 is 0 Å². The molecule has 3 heterocycles. The Morgan fingerprint density at radius 3 is 2.70 bits per heavy atom. The molecule has 0 aliphatic heterocycles. The molecule has 8 nitrogen and oxygen atoms in total. The van der Waals surface area contributed by atoms with Crippen molar-refractivity contribution < 1.29 is 14.3 Å². The van der Waals surface area contributed by atoms with Gasteiger partial charge in [0.1, 0.15) is 17.1 Å². The highest BCUT2D eigenvalue weighted by atomic mass is 16.5. The average molecular weight is 315 g/mol. The molecule has 0 unspecified atom stereocenters. The van der Waals surface area contributed by atoms with Crippen molar-refractivity contribution in [1.29, 1.82) is 0 Å². The van der Waals surface area contributed by atoms with Gasteiger partial charge in [-0.3, -0.25) is 9.48 Å². The van der Waals surface area contributed by atoms with E-state index in [0.717, 1.165) is 11.0 Å². The molecule has 0 aromatic carbocycles. The number of ether oxygens (including phenoxy) is 2. The van der Waals surface area contributed by atoms with E-state index in [1.54, 1.807) is 37.2 Å². The maximum atomic E-state index is 11.1. The fraction of sp³-hybridized carbons (Fsp3) is 0.267. The zero-order valence-corrected chi connectivity index (χ0v) is 12.9. The first-order chi connectivity index (χ1) is 11.1. The standard InChI is InChI=1S/C15H17N5O3/c1-22-12-9-13(23-2)17-15-10(12)3-5-19(15)7-8-20-6-4-11(18-20)14(16)21/h3-6,9H,7-8H2,1-2H3,(H2,16,21). The van der Waals surface area contributed by atoms with Crippen LogP contribution in [0.5, 0.6) is 11.6 Å². The van der Waals surface area contributed by atoms with Gasteiger partial charge in [0, 0.05) is 25.0 Å². The molecule has 0 bridgehead atoms. The number of aromatic nitrogens is 4. The summed E-state index contributed by atoms with van der Waals surface area (Å²) in [6.07, 6.45) is 3.65. The number of nitrogens with two attached hydrogens (primary N) is 1. The number of carbonyl (C=O) groups excluding carboxylic acids is 1. The van der Waals surface area contributed by atoms with Gasteiger partial charge in [0.25, 0.3) is 5.91 Å². The summed E-state index contributed by atoms with van der Waals surface area (Å²) in [7, 11) is 3.18. The Balaban J connectivity index is 1.86. The fourth-order valence-electron chi connectivity index (χ4n) is 2.39. The number of hydrogen-bond donors (Lipinski definition) is 1. The van der Waals surface area contributed by atoms with Crippen LogP contribution in [0.4, 0.5) is 0 Å². The van der Waals surface area contributed by atoms with Crippen LogP contribution in [0.25, 0.3) is 11.0 Å². The fourth-order valence-corrected chi connectivity index (χ4v) is 2.39. The predicted molar refractivity (Wildman–Crippen MR) is 83.6 cm³/mol. The lowest BCUT2D eigenvalue weighted by Crippen LogP contribution is -2.13. The highest BCUT2D eigenvalue weighted by Gasteiger charge is 2.11. The Kier molecular flexibility index (Phi) is 3.88. The van der Waals surface area contributed by atoms with Crippen LogP contribution < -0.4 is 15.2 Å². The molecular formula is C15H17N5O3. The number of pyridine rings is 1. The van der Waals surface area contributed by atoms with E-state index in [9.17, 15) is 4.79 Å². The van der Waals surface area contributed by atoms with Gasteiger partial charge in [0.2, 0.25) is 5.88 Å². The van der Waals surface area contributed by atoms with Gasteiger partial charge in [-0.25, -0.2) is 0 Å². The highest BCUT2D eigenvalue weighted by molar-refractivity contribution is 5.90. The first-order valence-electron chi connectivity index (χ1n) is 7.03. The highest BCUT2D eigenvalue weighted by Crippen LogP contribution is 2.29. The first-order valence-corrected chi connectivity index (χ1v) is 7.03. The van der Waals surface area contributed by atoms with E-state index in [-0.39, 0.29) is 5.69 Å². The molecule has 0 radical (unpaired) electrons. The monoisotopic (exact) mass is 315 g/mol. The number of primary amides is 1. The van der Waals surface area contributed by atoms with E-state index >= 15 is 0 Å². The summed E-state index contributed by atoms with van der Waals surface area (Å²) in [5.74, 6) is 0.663. The molecule has 3 rings (SSSR count). The van der Waals surface area contributed by atoms with E-state index in [1.807, 2.05) is 16.8 Å². The Hall–Kier alpha value is -3.03. The van der Waals surface area contributed by atoms with Crippen molar-refractivity contribution in [2.45, 2.75) is 13.1 Å². The molecule has 0 saturated heterocycles. The van der Waals surface area contributed by atoms with Crippen LogP contribution >= 0.6 is 0 Å². The second kappa shape index (κ2) is 5.99. The summed E-state index contributed by atoms with van der Waals surface area (Å²) < 4.78 is 14.2. The summed E-state index contributed by atoms with van der Waals surface area (Å²) in [6.45, 7) is 1.21. The molecule has 0 spiro atoms. The number of carbonyl (C=O) groups is 1. The van der Waals surface area contributed by atoms with E-state index in [0.29, 0.717) is 24.7 Å². The van der Waals surface area contributed by atoms with Crippen molar-refractivity contribution in [2.75, 3.05) is 14.2 Å². The van der Waals surface area contributed by atoms with Gasteiger partial charge in [0.15, 0.2) is 0 Å². The molecule has 0 atom stereocenters. The van der Waals surface area contributed by atoms with Crippen LogP contribution in [0.15, 0.2) is 30.6 Å². The maximum absolute atomic E-state index is 11.1. The molecule has 0 saturated carbocycles. The quantitative estimate of drug-likeness (QED) is 0.733. The number of fused-ring (bicyclic) bond motifs is 1. The van der Waals surface area contributed by atoms with Crippen LogP contribution in [-0.4, -0.2) is 39.5 Å². The molecule has 0 fully saturated rings. The van der Waals surface area contributed by atoms with Gasteiger partial charge in [-0.2, -0.15) is 10.1 Å². The number of aryl methyl sites for hydroxylation is 2. The van der Waals surface area contributed by atoms with Gasteiger partial charge in [0.05, 0.1) is 26.2 Å². The molecule has 3 aromatic rings. The second-order valence-corrected chi connectivity index (χ2v) is 4.94. The topological polar surface area (TPSA) is 97.2 Å². The summed E-state index contributed by atoms with van der Waals surface area (Å²) in [5, 5.41) is 5.02. The zero-order valence-electron chi connectivity index (χ0n) is 12.9. The number of nitrogens with zero attached hydrogens (tertiary/aromatic N) is 4. The summed E-state index contributed by atoms with van der Waals surface area (Å²) in [5.41, 5.74) is 6.22. The van der Waals surface area contributed by atoms with E-state index < -0.39 is 5.91 Å². The van der Waals surface area contributed by atoms with Crippen LogP contribution in [0.1, 0.15) is 10.5 Å². The van der Waals surface area contributed by atoms with Crippen LogP contribution in [0, 0.1) is 0 Å². The molecule has 0 aliphatic rings. The summed E-state index contributed by atoms with van der Waals surface area (Å²) in [4.78, 5) is 15.5. The van der Waals surface area contributed by atoms with Crippen molar-refractivity contribution in [3.8, 4) is 11.6 Å². The molecule has 120 valence electrons. The normalized spacial score (nSPS) is 10.9. The zero-order chi connectivity index (χ0) is 16.4. The molecule has 2 N–H and O–H groups in total. The van der Waals surface area contributed by atoms with Crippen molar-refractivity contribution in [3.05, 3.63) is 36.3 Å². The van der Waals surface area contributed by atoms with Crippen molar-refractivity contribution >= 4 is 16.9 Å². The third kappa shape index (κ3) is 2.83. The Bertz CT molecular complexity index is 852. The molecule has 8 heteroatoms. The average Bonchev–Trinajstić information content (AvgIpc) is 3.18. The maximum Gasteiger partial charge on any atom is 0.269 e. The second-order valence-electron chi connectivity index (χ2n) is 4.94. The largest absolute Gasteiger partial charge is 0.496 e. The third-order valence-corrected chi connectivity index (χ3v) is 3.56. The summed E-state index contributed by atoms with van der Waals surface area (Å²) in [6, 6.07) is 5.29. The molecule has 1 amide bonds. The minimum absolute atomic E-state index is 0.254. The number of rotatable bonds is 6. The minimum atomic E-state index is -0.536. The van der Waals surface area contributed by atoms with Crippen molar-refractivity contribution in [2.24, 2.45) is 5.73 Å². The molecule has 0 aliphatic carbocycles. The van der Waals surface area contributed by atoms with E-state index in [2.05, 4.69) is 10.1 Å². The Morgan fingerprint density at radius 1 is 1.22 bits per heavy atom. The predicted octanol–water partition coefficient (Wildman–Crippen LogP) is 1.05. The Labute approximate surface area is 132 Å². The van der Waals surface area contributed by atoms with Gasteiger partial charge in [-0.15, -0.1) is 0 Å². The van der Waals surface area contributed by atoms with Gasteiger partial charge in [-0.1, -0.05) is 0 Å².